The lowest BCUT2D eigenvalue weighted by Crippen LogP contribution is -2.20. The van der Waals surface area contributed by atoms with E-state index in [2.05, 4.69) is 4.98 Å². The Morgan fingerprint density at radius 3 is 2.90 bits per heavy atom. The molecule has 4 nitrogen and oxygen atoms in total. The number of benzene rings is 1. The number of hydrogen-bond donors (Lipinski definition) is 1. The number of rotatable bonds is 2. The molecule has 2 heterocycles. The van der Waals surface area contributed by atoms with Crippen molar-refractivity contribution in [2.45, 2.75) is 25.6 Å². The summed E-state index contributed by atoms with van der Waals surface area (Å²) < 4.78 is 11.2. The van der Waals surface area contributed by atoms with Crippen molar-refractivity contribution in [1.82, 2.24) is 4.98 Å². The van der Waals surface area contributed by atoms with E-state index in [1.54, 1.807) is 19.5 Å². The number of pyridine rings is 1. The number of aromatic nitrogens is 1. The molecule has 0 radical (unpaired) electrons. The number of hydrogen-bond acceptors (Lipinski definition) is 4. The van der Waals surface area contributed by atoms with Crippen molar-refractivity contribution in [3.05, 3.63) is 53.3 Å². The number of methoxy groups -OCH3 is 1. The normalized spacial score (nSPS) is 20.9. The van der Waals surface area contributed by atoms with Crippen molar-refractivity contribution in [1.29, 1.82) is 0 Å². The minimum absolute atomic E-state index is 0.167. The van der Waals surface area contributed by atoms with E-state index in [1.807, 2.05) is 31.2 Å². The molecular weight excluding hydrogens is 254 g/mol. The average Bonchev–Trinajstić information content (AvgIpc) is 2.47. The smallest absolute Gasteiger partial charge is 0.128 e. The van der Waals surface area contributed by atoms with Crippen molar-refractivity contribution < 1.29 is 14.6 Å². The zero-order valence-corrected chi connectivity index (χ0v) is 11.5. The standard InChI is InChI=1S/C16H17NO3/c1-10-5-6-17-9-13(10)16-8-14(18)12-7-11(19-2)3-4-15(12)20-16/h3-7,9,14,16,18H,8H2,1-2H3/t14-,16?/m1/s1. The first-order valence-electron chi connectivity index (χ1n) is 6.62. The molecule has 1 aliphatic rings. The molecular formula is C16H17NO3. The number of nitrogens with zero attached hydrogens (tertiary/aromatic N) is 1. The predicted octanol–water partition coefficient (Wildman–Crippen LogP) is 2.96. The largest absolute Gasteiger partial charge is 0.497 e. The summed E-state index contributed by atoms with van der Waals surface area (Å²) in [6, 6.07) is 7.46. The van der Waals surface area contributed by atoms with E-state index in [0.717, 1.165) is 22.4 Å². The van der Waals surface area contributed by atoms with Crippen LogP contribution in [0.4, 0.5) is 0 Å². The van der Waals surface area contributed by atoms with Crippen LogP contribution in [0.5, 0.6) is 11.5 Å². The van der Waals surface area contributed by atoms with Crippen LogP contribution < -0.4 is 9.47 Å². The van der Waals surface area contributed by atoms with Gasteiger partial charge in [0.1, 0.15) is 17.6 Å². The van der Waals surface area contributed by atoms with E-state index in [9.17, 15) is 5.11 Å². The predicted molar refractivity (Wildman–Crippen MR) is 74.9 cm³/mol. The van der Waals surface area contributed by atoms with Crippen molar-refractivity contribution in [2.75, 3.05) is 7.11 Å². The molecule has 104 valence electrons. The fourth-order valence-corrected chi connectivity index (χ4v) is 2.56. The molecule has 0 fully saturated rings. The second kappa shape index (κ2) is 5.13. The van der Waals surface area contributed by atoms with Gasteiger partial charge < -0.3 is 14.6 Å². The summed E-state index contributed by atoms with van der Waals surface area (Å²) in [5.41, 5.74) is 2.92. The van der Waals surface area contributed by atoms with Crippen molar-refractivity contribution in [2.24, 2.45) is 0 Å². The fourth-order valence-electron chi connectivity index (χ4n) is 2.56. The molecule has 1 aromatic heterocycles. The van der Waals surface area contributed by atoms with E-state index < -0.39 is 6.10 Å². The third kappa shape index (κ3) is 2.23. The highest BCUT2D eigenvalue weighted by Crippen LogP contribution is 2.42. The number of fused-ring (bicyclic) bond motifs is 1. The second-order valence-electron chi connectivity index (χ2n) is 4.99. The molecule has 1 unspecified atom stereocenters. The summed E-state index contributed by atoms with van der Waals surface area (Å²) in [7, 11) is 1.61. The average molecular weight is 271 g/mol. The van der Waals surface area contributed by atoms with Crippen molar-refractivity contribution in [3.8, 4) is 11.5 Å². The van der Waals surface area contributed by atoms with Crippen LogP contribution in [0.2, 0.25) is 0 Å². The molecule has 1 N–H and O–H groups in total. The Morgan fingerprint density at radius 2 is 2.15 bits per heavy atom. The SMILES string of the molecule is COc1ccc2c(c1)[C@H](O)CC(c1cnccc1C)O2. The lowest BCUT2D eigenvalue weighted by Gasteiger charge is -2.30. The van der Waals surface area contributed by atoms with Gasteiger partial charge in [0.25, 0.3) is 0 Å². The maximum Gasteiger partial charge on any atom is 0.128 e. The monoisotopic (exact) mass is 271 g/mol. The summed E-state index contributed by atoms with van der Waals surface area (Å²) in [6.45, 7) is 2.02. The molecule has 0 saturated carbocycles. The maximum absolute atomic E-state index is 10.3. The first-order valence-corrected chi connectivity index (χ1v) is 6.62. The van der Waals surface area contributed by atoms with Gasteiger partial charge >= 0.3 is 0 Å². The number of aryl methyl sites for hydroxylation is 1. The van der Waals surface area contributed by atoms with Crippen molar-refractivity contribution in [3.63, 3.8) is 0 Å². The first kappa shape index (κ1) is 12.9. The maximum atomic E-state index is 10.3. The van der Waals surface area contributed by atoms with Gasteiger partial charge in [-0.1, -0.05) is 0 Å². The van der Waals surface area contributed by atoms with E-state index in [-0.39, 0.29) is 6.10 Å². The summed E-state index contributed by atoms with van der Waals surface area (Å²) >= 11 is 0. The Bertz CT molecular complexity index is 627. The molecule has 1 aromatic carbocycles. The minimum atomic E-state index is -0.557. The third-order valence-electron chi connectivity index (χ3n) is 3.71. The number of aliphatic hydroxyl groups excluding tert-OH is 1. The van der Waals surface area contributed by atoms with Gasteiger partial charge in [0, 0.05) is 29.9 Å². The van der Waals surface area contributed by atoms with Crippen LogP contribution in [0.15, 0.2) is 36.7 Å². The Hall–Kier alpha value is -2.07. The Labute approximate surface area is 118 Å². The van der Waals surface area contributed by atoms with Gasteiger partial charge in [0.2, 0.25) is 0 Å². The lowest BCUT2D eigenvalue weighted by molar-refractivity contribution is 0.0650. The Balaban J connectivity index is 1.95. The van der Waals surface area contributed by atoms with Crippen LogP contribution in [0.25, 0.3) is 0 Å². The molecule has 0 spiro atoms. The van der Waals surface area contributed by atoms with Gasteiger partial charge in [0.05, 0.1) is 13.2 Å². The van der Waals surface area contributed by atoms with Crippen LogP contribution in [0.1, 0.15) is 35.3 Å². The van der Waals surface area contributed by atoms with E-state index in [0.29, 0.717) is 12.2 Å². The minimum Gasteiger partial charge on any atom is -0.497 e. The molecule has 2 aromatic rings. The van der Waals surface area contributed by atoms with Gasteiger partial charge in [-0.25, -0.2) is 0 Å². The molecule has 20 heavy (non-hydrogen) atoms. The highest BCUT2D eigenvalue weighted by molar-refractivity contribution is 5.44. The summed E-state index contributed by atoms with van der Waals surface area (Å²) in [4.78, 5) is 4.15. The van der Waals surface area contributed by atoms with Gasteiger partial charge in [-0.3, -0.25) is 4.98 Å². The molecule has 1 aliphatic heterocycles. The second-order valence-corrected chi connectivity index (χ2v) is 4.99. The number of ether oxygens (including phenoxy) is 2. The summed E-state index contributed by atoms with van der Waals surface area (Å²) in [5, 5.41) is 10.3. The van der Waals surface area contributed by atoms with Crippen LogP contribution in [-0.2, 0) is 0 Å². The quantitative estimate of drug-likeness (QED) is 0.912. The van der Waals surface area contributed by atoms with Crippen LogP contribution in [0.3, 0.4) is 0 Å². The van der Waals surface area contributed by atoms with Crippen LogP contribution in [0, 0.1) is 6.92 Å². The van der Waals surface area contributed by atoms with Gasteiger partial charge in [0.15, 0.2) is 0 Å². The summed E-state index contributed by atoms with van der Waals surface area (Å²) in [5.74, 6) is 1.43. The molecule has 4 heteroatoms. The van der Waals surface area contributed by atoms with Gasteiger partial charge in [-0.2, -0.15) is 0 Å². The molecule has 0 aliphatic carbocycles. The highest BCUT2D eigenvalue weighted by atomic mass is 16.5. The number of aliphatic hydroxyl groups is 1. The highest BCUT2D eigenvalue weighted by Gasteiger charge is 2.29. The topological polar surface area (TPSA) is 51.6 Å². The van der Waals surface area contributed by atoms with E-state index >= 15 is 0 Å². The van der Waals surface area contributed by atoms with Gasteiger partial charge in [-0.05, 0) is 36.8 Å². The third-order valence-corrected chi connectivity index (χ3v) is 3.71. The van der Waals surface area contributed by atoms with Crippen molar-refractivity contribution >= 4 is 0 Å². The lowest BCUT2D eigenvalue weighted by atomic mass is 9.94. The van der Waals surface area contributed by atoms with Crippen LogP contribution >= 0.6 is 0 Å². The summed E-state index contributed by atoms with van der Waals surface area (Å²) in [6.07, 6.45) is 3.36. The van der Waals surface area contributed by atoms with E-state index in [4.69, 9.17) is 9.47 Å². The molecule has 3 rings (SSSR count). The Kier molecular flexibility index (Phi) is 3.32. The molecule has 0 bridgehead atoms. The van der Waals surface area contributed by atoms with Gasteiger partial charge in [-0.15, -0.1) is 0 Å². The Morgan fingerprint density at radius 1 is 1.30 bits per heavy atom. The zero-order chi connectivity index (χ0) is 14.1. The van der Waals surface area contributed by atoms with Crippen LogP contribution in [-0.4, -0.2) is 17.2 Å². The van der Waals surface area contributed by atoms with E-state index in [1.165, 1.54) is 0 Å². The molecule has 2 atom stereocenters. The fraction of sp³-hybridized carbons (Fsp3) is 0.312. The first-order chi connectivity index (χ1) is 9.69. The zero-order valence-electron chi connectivity index (χ0n) is 11.5. The molecule has 0 amide bonds. The molecule has 0 saturated heterocycles.